The molecule has 0 saturated carbocycles. The molecule has 0 aliphatic heterocycles. The van der Waals surface area contributed by atoms with Gasteiger partial charge in [-0.1, -0.05) is 38.1 Å². The molecule has 0 unspecified atom stereocenters. The van der Waals surface area contributed by atoms with E-state index in [2.05, 4.69) is 0 Å². The second-order valence-electron chi connectivity index (χ2n) is 5.65. The van der Waals surface area contributed by atoms with Crippen molar-refractivity contribution in [2.75, 3.05) is 0 Å². The summed E-state index contributed by atoms with van der Waals surface area (Å²) in [6, 6.07) is 6.52. The smallest absolute Gasteiger partial charge is 0.274 e. The molecule has 0 aromatic heterocycles. The van der Waals surface area contributed by atoms with Crippen LogP contribution in [0.4, 0.5) is 8.78 Å². The quantitative estimate of drug-likeness (QED) is 0.846. The molecule has 0 amide bonds. The highest BCUT2D eigenvalue weighted by Crippen LogP contribution is 2.35. The van der Waals surface area contributed by atoms with E-state index in [4.69, 9.17) is 5.73 Å². The molecule has 0 aliphatic rings. The van der Waals surface area contributed by atoms with Gasteiger partial charge in [-0.3, -0.25) is 0 Å². The van der Waals surface area contributed by atoms with E-state index in [1.165, 1.54) is 12.1 Å². The van der Waals surface area contributed by atoms with Crippen molar-refractivity contribution >= 4 is 0 Å². The number of hydrogen-bond acceptors (Lipinski definition) is 1. The average molecular weight is 241 g/mol. The van der Waals surface area contributed by atoms with Crippen LogP contribution in [0, 0.1) is 0 Å². The molecule has 1 rings (SSSR count). The van der Waals surface area contributed by atoms with E-state index in [1.54, 1.807) is 26.0 Å². The summed E-state index contributed by atoms with van der Waals surface area (Å²) in [5.41, 5.74) is 5.89. The lowest BCUT2D eigenvalue weighted by molar-refractivity contribution is -0.0295. The topological polar surface area (TPSA) is 26.0 Å². The fourth-order valence-electron chi connectivity index (χ4n) is 1.79. The van der Waals surface area contributed by atoms with Crippen LogP contribution in [0.15, 0.2) is 24.3 Å². The van der Waals surface area contributed by atoms with Gasteiger partial charge in [0.25, 0.3) is 5.92 Å². The lowest BCUT2D eigenvalue weighted by atomic mass is 9.92. The van der Waals surface area contributed by atoms with Gasteiger partial charge in [-0.15, -0.1) is 0 Å². The van der Waals surface area contributed by atoms with E-state index in [0.29, 0.717) is 5.92 Å². The van der Waals surface area contributed by atoms with Gasteiger partial charge in [0.1, 0.15) is 0 Å². The van der Waals surface area contributed by atoms with Crippen LogP contribution in [0.5, 0.6) is 0 Å². The van der Waals surface area contributed by atoms with Crippen molar-refractivity contribution in [3.63, 3.8) is 0 Å². The Bertz CT molecular complexity index is 361. The maximum atomic E-state index is 13.9. The van der Waals surface area contributed by atoms with E-state index in [1.807, 2.05) is 13.8 Å². The van der Waals surface area contributed by atoms with Gasteiger partial charge in [0.15, 0.2) is 0 Å². The average Bonchev–Trinajstić information content (AvgIpc) is 2.14. The van der Waals surface area contributed by atoms with Crippen LogP contribution in [0.25, 0.3) is 0 Å². The lowest BCUT2D eigenvalue weighted by Gasteiger charge is -2.26. The van der Waals surface area contributed by atoms with Gasteiger partial charge < -0.3 is 5.73 Å². The normalized spacial score (nSPS) is 13.2. The van der Waals surface area contributed by atoms with Crippen molar-refractivity contribution in [2.24, 2.45) is 5.73 Å². The third-order valence-corrected chi connectivity index (χ3v) is 2.68. The Morgan fingerprint density at radius 2 is 1.59 bits per heavy atom. The number of halogens is 2. The predicted molar refractivity (Wildman–Crippen MR) is 67.3 cm³/mol. The number of nitrogens with two attached hydrogens (primary N) is 1. The van der Waals surface area contributed by atoms with Crippen molar-refractivity contribution in [3.8, 4) is 0 Å². The first-order valence-corrected chi connectivity index (χ1v) is 5.89. The summed E-state index contributed by atoms with van der Waals surface area (Å²) in [6.45, 7) is 7.30. The summed E-state index contributed by atoms with van der Waals surface area (Å²) < 4.78 is 27.8. The molecule has 0 fully saturated rings. The maximum Gasteiger partial charge on any atom is 0.274 e. The lowest BCUT2D eigenvalue weighted by Crippen LogP contribution is -2.38. The Kier molecular flexibility index (Phi) is 3.92. The van der Waals surface area contributed by atoms with Crippen molar-refractivity contribution in [1.29, 1.82) is 0 Å². The zero-order valence-electron chi connectivity index (χ0n) is 10.9. The molecule has 2 N–H and O–H groups in total. The van der Waals surface area contributed by atoms with Gasteiger partial charge in [-0.25, -0.2) is 8.78 Å². The van der Waals surface area contributed by atoms with Crippen LogP contribution >= 0.6 is 0 Å². The Labute approximate surface area is 102 Å². The predicted octanol–water partition coefficient (Wildman–Crippen LogP) is 4.03. The number of alkyl halides is 2. The minimum atomic E-state index is -2.87. The number of rotatable bonds is 4. The van der Waals surface area contributed by atoms with E-state index in [9.17, 15) is 8.78 Å². The van der Waals surface area contributed by atoms with E-state index < -0.39 is 11.5 Å². The van der Waals surface area contributed by atoms with Crippen LogP contribution in [0.3, 0.4) is 0 Å². The molecule has 0 spiro atoms. The van der Waals surface area contributed by atoms with Crippen molar-refractivity contribution < 1.29 is 8.78 Å². The molecule has 0 saturated heterocycles. The minimum absolute atomic E-state index is 0.0421. The van der Waals surface area contributed by atoms with Crippen molar-refractivity contribution in [1.82, 2.24) is 0 Å². The molecular weight excluding hydrogens is 220 g/mol. The molecule has 1 aromatic rings. The van der Waals surface area contributed by atoms with Gasteiger partial charge in [0.2, 0.25) is 0 Å². The van der Waals surface area contributed by atoms with Crippen molar-refractivity contribution in [3.05, 3.63) is 35.4 Å². The molecular formula is C14H21F2N. The summed E-state index contributed by atoms with van der Waals surface area (Å²) >= 11 is 0. The molecule has 1 nitrogen and oxygen atoms in total. The largest absolute Gasteiger partial charge is 0.325 e. The van der Waals surface area contributed by atoms with Crippen LogP contribution in [0.2, 0.25) is 0 Å². The molecule has 0 heterocycles. The molecule has 1 aromatic carbocycles. The number of benzene rings is 1. The SMILES string of the molecule is CC(C)c1ccc(C(F)(F)CC(C)(C)N)cc1. The van der Waals surface area contributed by atoms with E-state index >= 15 is 0 Å². The van der Waals surface area contributed by atoms with Gasteiger partial charge >= 0.3 is 0 Å². The molecule has 96 valence electrons. The first-order valence-electron chi connectivity index (χ1n) is 5.89. The minimum Gasteiger partial charge on any atom is -0.325 e. The molecule has 0 aliphatic carbocycles. The molecule has 0 bridgehead atoms. The zero-order chi connectivity index (χ0) is 13.3. The molecule has 3 heteroatoms. The maximum absolute atomic E-state index is 13.9. The standard InChI is InChI=1S/C14H21F2N/c1-10(2)11-5-7-12(8-6-11)14(15,16)9-13(3,4)17/h5-8,10H,9,17H2,1-4H3. The van der Waals surface area contributed by atoms with Crippen LogP contribution in [0.1, 0.15) is 51.2 Å². The van der Waals surface area contributed by atoms with E-state index in [0.717, 1.165) is 5.56 Å². The molecule has 0 atom stereocenters. The van der Waals surface area contributed by atoms with Gasteiger partial charge in [-0.05, 0) is 25.3 Å². The van der Waals surface area contributed by atoms with Gasteiger partial charge in [-0.2, -0.15) is 0 Å². The summed E-state index contributed by atoms with van der Waals surface area (Å²) in [7, 11) is 0. The molecule has 0 radical (unpaired) electrons. The fourth-order valence-corrected chi connectivity index (χ4v) is 1.79. The summed E-state index contributed by atoms with van der Waals surface area (Å²) in [6.07, 6.45) is -0.346. The first kappa shape index (κ1) is 14.1. The summed E-state index contributed by atoms with van der Waals surface area (Å²) in [5, 5.41) is 0. The van der Waals surface area contributed by atoms with Crippen LogP contribution in [-0.4, -0.2) is 5.54 Å². The highest BCUT2D eigenvalue weighted by atomic mass is 19.3. The third-order valence-electron chi connectivity index (χ3n) is 2.68. The summed E-state index contributed by atoms with van der Waals surface area (Å²) in [4.78, 5) is 0. The third kappa shape index (κ3) is 4.08. The van der Waals surface area contributed by atoms with Crippen molar-refractivity contribution in [2.45, 2.75) is 51.5 Å². The Morgan fingerprint density at radius 1 is 1.12 bits per heavy atom. The fraction of sp³-hybridized carbons (Fsp3) is 0.571. The van der Waals surface area contributed by atoms with Gasteiger partial charge in [0, 0.05) is 17.5 Å². The highest BCUT2D eigenvalue weighted by molar-refractivity contribution is 5.27. The van der Waals surface area contributed by atoms with E-state index in [-0.39, 0.29) is 12.0 Å². The first-order chi connectivity index (χ1) is 7.62. The van der Waals surface area contributed by atoms with Gasteiger partial charge in [0.05, 0.1) is 0 Å². The second kappa shape index (κ2) is 4.73. The van der Waals surface area contributed by atoms with Crippen LogP contribution in [-0.2, 0) is 5.92 Å². The number of hydrogen-bond donors (Lipinski definition) is 1. The van der Waals surface area contributed by atoms with Crippen LogP contribution < -0.4 is 5.73 Å². The molecule has 17 heavy (non-hydrogen) atoms. The Morgan fingerprint density at radius 3 is 1.94 bits per heavy atom. The Balaban J connectivity index is 2.92. The summed E-state index contributed by atoms with van der Waals surface area (Å²) in [5.74, 6) is -2.52. The Hall–Kier alpha value is -0.960. The second-order valence-corrected chi connectivity index (χ2v) is 5.65. The monoisotopic (exact) mass is 241 g/mol. The highest BCUT2D eigenvalue weighted by Gasteiger charge is 2.36. The zero-order valence-corrected chi connectivity index (χ0v) is 10.9.